The van der Waals surface area contributed by atoms with E-state index in [0.29, 0.717) is 22.5 Å². The first-order chi connectivity index (χ1) is 16.6. The molecule has 36 heavy (non-hydrogen) atoms. The molecule has 7 nitrogen and oxygen atoms in total. The second kappa shape index (κ2) is 9.74. The highest BCUT2D eigenvalue weighted by molar-refractivity contribution is 5.98. The van der Waals surface area contributed by atoms with Gasteiger partial charge in [-0.3, -0.25) is 14.2 Å². The summed E-state index contributed by atoms with van der Waals surface area (Å²) in [4.78, 5) is 39.2. The Morgan fingerprint density at radius 3 is 1.94 bits per heavy atom. The van der Waals surface area contributed by atoms with Crippen molar-refractivity contribution in [1.29, 1.82) is 0 Å². The number of nitrogens with zero attached hydrogens (tertiary/aromatic N) is 1. The van der Waals surface area contributed by atoms with E-state index in [0.717, 1.165) is 22.3 Å². The molecule has 1 atom stereocenters. The third-order valence-electron chi connectivity index (χ3n) is 6.40. The number of hydrogen-bond acceptors (Lipinski definition) is 4. The zero-order valence-electron chi connectivity index (χ0n) is 22.1. The minimum absolute atomic E-state index is 0.0317. The van der Waals surface area contributed by atoms with Crippen molar-refractivity contribution >= 4 is 11.9 Å². The Morgan fingerprint density at radius 1 is 0.917 bits per heavy atom. The van der Waals surface area contributed by atoms with Crippen LogP contribution in [-0.4, -0.2) is 27.2 Å². The fourth-order valence-electron chi connectivity index (χ4n) is 4.33. The van der Waals surface area contributed by atoms with Gasteiger partial charge in [0.25, 0.3) is 11.5 Å². The molecule has 0 fully saturated rings. The maximum atomic E-state index is 13.9. The van der Waals surface area contributed by atoms with E-state index in [1.54, 1.807) is 33.8 Å². The number of amides is 1. The molecule has 2 aromatic carbocycles. The van der Waals surface area contributed by atoms with Crippen LogP contribution in [0, 0.1) is 34.6 Å². The molecule has 190 valence electrons. The van der Waals surface area contributed by atoms with Crippen LogP contribution < -0.4 is 11.3 Å². The Bertz CT molecular complexity index is 1430. The van der Waals surface area contributed by atoms with Gasteiger partial charge in [0.2, 0.25) is 0 Å². The number of carbonyl (C=O) groups excluding carboxylic acids is 1. The van der Waals surface area contributed by atoms with Gasteiger partial charge in [-0.15, -0.1) is 0 Å². The Balaban J connectivity index is 2.59. The van der Waals surface area contributed by atoms with Gasteiger partial charge < -0.3 is 15.6 Å². The van der Waals surface area contributed by atoms with Crippen molar-refractivity contribution in [2.75, 3.05) is 0 Å². The van der Waals surface area contributed by atoms with Gasteiger partial charge in [-0.2, -0.15) is 0 Å². The number of aliphatic carboxylic acids is 1. The highest BCUT2D eigenvalue weighted by atomic mass is 16.5. The molecule has 0 radical (unpaired) electrons. The van der Waals surface area contributed by atoms with Gasteiger partial charge in [0.05, 0.1) is 5.60 Å². The van der Waals surface area contributed by atoms with Crippen LogP contribution >= 0.6 is 0 Å². The lowest BCUT2D eigenvalue weighted by Crippen LogP contribution is -2.37. The van der Waals surface area contributed by atoms with Gasteiger partial charge in [0, 0.05) is 22.5 Å². The molecule has 1 aromatic heterocycles. The van der Waals surface area contributed by atoms with Crippen molar-refractivity contribution in [2.24, 2.45) is 5.73 Å². The van der Waals surface area contributed by atoms with Crippen LogP contribution in [-0.2, 0) is 9.53 Å². The molecule has 0 aliphatic heterocycles. The molecule has 0 aliphatic carbocycles. The van der Waals surface area contributed by atoms with E-state index in [-0.39, 0.29) is 5.56 Å². The second-order valence-corrected chi connectivity index (χ2v) is 10.3. The average Bonchev–Trinajstić information content (AvgIpc) is 2.75. The van der Waals surface area contributed by atoms with Crippen LogP contribution in [0.3, 0.4) is 0 Å². The fraction of sp³-hybridized carbons (Fsp3) is 0.345. The summed E-state index contributed by atoms with van der Waals surface area (Å²) in [5.41, 5.74) is 9.96. The molecule has 0 saturated carbocycles. The quantitative estimate of drug-likeness (QED) is 0.500. The van der Waals surface area contributed by atoms with E-state index in [1.165, 1.54) is 4.57 Å². The van der Waals surface area contributed by atoms with E-state index in [9.17, 15) is 19.5 Å². The van der Waals surface area contributed by atoms with Crippen molar-refractivity contribution in [3.63, 3.8) is 0 Å². The summed E-state index contributed by atoms with van der Waals surface area (Å²) in [7, 11) is 0. The van der Waals surface area contributed by atoms with E-state index in [1.807, 2.05) is 58.0 Å². The van der Waals surface area contributed by atoms with E-state index >= 15 is 0 Å². The maximum absolute atomic E-state index is 13.9. The molecule has 0 spiro atoms. The number of aromatic nitrogens is 1. The smallest absolute Gasteiger partial charge is 0.337 e. The molecule has 1 amide bonds. The highest BCUT2D eigenvalue weighted by Gasteiger charge is 2.36. The summed E-state index contributed by atoms with van der Waals surface area (Å²) < 4.78 is 7.35. The van der Waals surface area contributed by atoms with Gasteiger partial charge in [-0.25, -0.2) is 4.79 Å². The standard InChI is InChI=1S/C29H34N2O5/c1-15-9-11-20(13-17(15)3)22-19(5)31(21-12-10-16(2)18(4)14-21)27(33)24(26(30)32)23(22)25(28(34)35)36-29(6,7)8/h9-14,25H,1-8H3,(H2,30,32)(H,34,35). The molecule has 0 bridgehead atoms. The highest BCUT2D eigenvalue weighted by Crippen LogP contribution is 2.38. The molecular formula is C29H34N2O5. The molecule has 3 rings (SSSR count). The Hall–Kier alpha value is -3.71. The van der Waals surface area contributed by atoms with Crippen LogP contribution in [0.2, 0.25) is 0 Å². The van der Waals surface area contributed by atoms with Crippen molar-refractivity contribution in [3.8, 4) is 16.8 Å². The number of carbonyl (C=O) groups is 2. The summed E-state index contributed by atoms with van der Waals surface area (Å²) in [6.45, 7) is 14.7. The summed E-state index contributed by atoms with van der Waals surface area (Å²) >= 11 is 0. The third-order valence-corrected chi connectivity index (χ3v) is 6.40. The summed E-state index contributed by atoms with van der Waals surface area (Å²) in [5.74, 6) is -2.33. The predicted molar refractivity (Wildman–Crippen MR) is 141 cm³/mol. The summed E-state index contributed by atoms with van der Waals surface area (Å²) in [6, 6.07) is 11.2. The van der Waals surface area contributed by atoms with Crippen molar-refractivity contribution in [3.05, 3.63) is 85.8 Å². The minimum Gasteiger partial charge on any atom is -0.479 e. The predicted octanol–water partition coefficient (Wildman–Crippen LogP) is 5.09. The number of primary amides is 1. The summed E-state index contributed by atoms with van der Waals surface area (Å²) in [5, 5.41) is 10.2. The molecular weight excluding hydrogens is 456 g/mol. The normalized spacial score (nSPS) is 12.4. The lowest BCUT2D eigenvalue weighted by Gasteiger charge is -2.29. The van der Waals surface area contributed by atoms with Crippen LogP contribution in [0.1, 0.15) is 70.7 Å². The number of aryl methyl sites for hydroxylation is 4. The first kappa shape index (κ1) is 26.9. The number of benzene rings is 2. The second-order valence-electron chi connectivity index (χ2n) is 10.3. The number of hydrogen-bond donors (Lipinski definition) is 2. The van der Waals surface area contributed by atoms with Gasteiger partial charge in [-0.05, 0) is 95.3 Å². The molecule has 1 heterocycles. The van der Waals surface area contributed by atoms with Gasteiger partial charge in [0.15, 0.2) is 6.10 Å². The zero-order valence-corrected chi connectivity index (χ0v) is 22.1. The average molecular weight is 491 g/mol. The van der Waals surface area contributed by atoms with Crippen LogP contribution in [0.25, 0.3) is 16.8 Å². The molecule has 7 heteroatoms. The monoisotopic (exact) mass is 490 g/mol. The van der Waals surface area contributed by atoms with Crippen LogP contribution in [0.15, 0.2) is 41.2 Å². The molecule has 0 aliphatic rings. The third kappa shape index (κ3) is 5.11. The number of carboxylic acids is 1. The summed E-state index contributed by atoms with van der Waals surface area (Å²) in [6.07, 6.45) is -1.59. The Labute approximate surface area is 211 Å². The lowest BCUT2D eigenvalue weighted by atomic mass is 9.89. The van der Waals surface area contributed by atoms with Gasteiger partial charge in [0.1, 0.15) is 5.56 Å². The molecule has 3 N–H and O–H groups in total. The largest absolute Gasteiger partial charge is 0.479 e. The lowest BCUT2D eigenvalue weighted by molar-refractivity contribution is -0.160. The number of pyridine rings is 1. The Morgan fingerprint density at radius 2 is 1.47 bits per heavy atom. The molecule has 0 saturated heterocycles. The molecule has 3 aromatic rings. The van der Waals surface area contributed by atoms with Crippen molar-refractivity contribution < 1.29 is 19.4 Å². The van der Waals surface area contributed by atoms with E-state index in [2.05, 4.69) is 0 Å². The minimum atomic E-state index is -1.59. The zero-order chi connectivity index (χ0) is 27.1. The number of rotatable bonds is 6. The fourth-order valence-corrected chi connectivity index (χ4v) is 4.33. The topological polar surface area (TPSA) is 112 Å². The van der Waals surface area contributed by atoms with E-state index in [4.69, 9.17) is 10.5 Å². The van der Waals surface area contributed by atoms with Gasteiger partial charge >= 0.3 is 5.97 Å². The first-order valence-corrected chi connectivity index (χ1v) is 11.8. The van der Waals surface area contributed by atoms with Crippen molar-refractivity contribution in [2.45, 2.75) is 67.1 Å². The van der Waals surface area contributed by atoms with Gasteiger partial charge in [-0.1, -0.05) is 24.3 Å². The first-order valence-electron chi connectivity index (χ1n) is 11.8. The maximum Gasteiger partial charge on any atom is 0.337 e. The SMILES string of the molecule is Cc1ccc(-c2c(C(OC(C)(C)C)C(=O)O)c(C(N)=O)c(=O)n(-c3ccc(C)c(C)c3)c2C)cc1C. The molecule has 1 unspecified atom stereocenters. The number of nitrogens with two attached hydrogens (primary N) is 1. The number of carboxylic acid groups (broad SMARTS) is 1. The number of ether oxygens (including phenoxy) is 1. The van der Waals surface area contributed by atoms with E-state index < -0.39 is 34.7 Å². The Kier molecular flexibility index (Phi) is 7.27. The van der Waals surface area contributed by atoms with Crippen molar-refractivity contribution in [1.82, 2.24) is 4.57 Å². The van der Waals surface area contributed by atoms with Crippen LogP contribution in [0.4, 0.5) is 0 Å². The van der Waals surface area contributed by atoms with Crippen LogP contribution in [0.5, 0.6) is 0 Å².